The van der Waals surface area contributed by atoms with E-state index in [4.69, 9.17) is 14.2 Å². The van der Waals surface area contributed by atoms with Gasteiger partial charge in [0.05, 0.1) is 0 Å². The number of rotatable bonds is 67. The Hall–Kier alpha value is -2.89. The molecule has 6 nitrogen and oxygen atoms in total. The highest BCUT2D eigenvalue weighted by atomic mass is 16.6. The predicted octanol–water partition coefficient (Wildman–Crippen LogP) is 25.1. The minimum atomic E-state index is -0.769. The first-order valence-corrected chi connectivity index (χ1v) is 36.3. The van der Waals surface area contributed by atoms with Crippen molar-refractivity contribution in [3.8, 4) is 0 Å². The minimum Gasteiger partial charge on any atom is -0.462 e. The zero-order valence-electron chi connectivity index (χ0n) is 55.0. The summed E-state index contributed by atoms with van der Waals surface area (Å²) in [4.78, 5) is 38.4. The molecular weight excluding hydrogens is 1010 g/mol. The standard InChI is InChI=1S/C76H138O6/c1-4-7-10-13-16-19-22-24-26-28-30-32-33-34-35-36-37-38-39-40-41-42-43-44-46-47-49-51-54-57-60-63-66-69-75(78)81-72-73(71-80-74(77)68-65-62-59-56-53-21-18-15-12-9-6-3)82-76(79)70-67-64-61-58-55-52-50-48-45-31-29-27-25-23-20-17-14-11-8-5-2/h7,10,16,19,24,26,30,32,34-35,73H,4-6,8-9,11-15,17-18,20-23,25,27-29,31,33,36-72H2,1-3H3/b10-7-,19-16-,26-24-,32-30-,35-34-. The zero-order valence-corrected chi connectivity index (χ0v) is 55.0. The van der Waals surface area contributed by atoms with Crippen molar-refractivity contribution in [2.45, 2.75) is 393 Å². The lowest BCUT2D eigenvalue weighted by molar-refractivity contribution is -0.167. The molecule has 0 bridgehead atoms. The van der Waals surface area contributed by atoms with Crippen molar-refractivity contribution in [3.63, 3.8) is 0 Å². The average molecular weight is 1150 g/mol. The molecule has 0 fully saturated rings. The number of esters is 3. The highest BCUT2D eigenvalue weighted by molar-refractivity contribution is 5.71. The molecule has 0 saturated carbocycles. The smallest absolute Gasteiger partial charge is 0.306 e. The summed E-state index contributed by atoms with van der Waals surface area (Å²) in [5.74, 6) is -0.838. The number of carbonyl (C=O) groups excluding carboxylic acids is 3. The van der Waals surface area contributed by atoms with E-state index < -0.39 is 6.10 Å². The maximum Gasteiger partial charge on any atom is 0.306 e. The number of hydrogen-bond donors (Lipinski definition) is 0. The molecule has 478 valence electrons. The van der Waals surface area contributed by atoms with Gasteiger partial charge in [0, 0.05) is 19.3 Å². The lowest BCUT2D eigenvalue weighted by Gasteiger charge is -2.18. The second-order valence-corrected chi connectivity index (χ2v) is 24.5. The van der Waals surface area contributed by atoms with Crippen molar-refractivity contribution in [2.75, 3.05) is 13.2 Å². The van der Waals surface area contributed by atoms with E-state index in [0.29, 0.717) is 19.3 Å². The van der Waals surface area contributed by atoms with E-state index in [1.165, 1.54) is 257 Å². The van der Waals surface area contributed by atoms with Crippen molar-refractivity contribution >= 4 is 17.9 Å². The van der Waals surface area contributed by atoms with Gasteiger partial charge in [-0.3, -0.25) is 14.4 Å². The third kappa shape index (κ3) is 67.9. The molecule has 0 aromatic rings. The summed E-state index contributed by atoms with van der Waals surface area (Å²) in [7, 11) is 0. The van der Waals surface area contributed by atoms with Gasteiger partial charge in [0.2, 0.25) is 0 Å². The van der Waals surface area contributed by atoms with Crippen LogP contribution in [-0.4, -0.2) is 37.2 Å². The van der Waals surface area contributed by atoms with Gasteiger partial charge in [0.25, 0.3) is 0 Å². The Labute approximate surface area is 510 Å². The zero-order chi connectivity index (χ0) is 59.2. The first-order valence-electron chi connectivity index (χ1n) is 36.3. The molecule has 0 aromatic carbocycles. The van der Waals surface area contributed by atoms with Gasteiger partial charge in [-0.05, 0) is 64.2 Å². The van der Waals surface area contributed by atoms with Crippen LogP contribution in [0.4, 0.5) is 0 Å². The number of hydrogen-bond acceptors (Lipinski definition) is 6. The summed E-state index contributed by atoms with van der Waals surface area (Å²) in [5.41, 5.74) is 0. The molecule has 0 amide bonds. The number of carbonyl (C=O) groups is 3. The summed E-state index contributed by atoms with van der Waals surface area (Å²) in [6.45, 7) is 6.59. The molecule has 6 heteroatoms. The molecule has 0 spiro atoms. The topological polar surface area (TPSA) is 78.9 Å². The highest BCUT2D eigenvalue weighted by Gasteiger charge is 2.19. The minimum absolute atomic E-state index is 0.0660. The van der Waals surface area contributed by atoms with Crippen molar-refractivity contribution in [2.24, 2.45) is 0 Å². The predicted molar refractivity (Wildman–Crippen MR) is 358 cm³/mol. The molecule has 0 radical (unpaired) electrons. The Kier molecular flexibility index (Phi) is 68.1. The first-order chi connectivity index (χ1) is 40.5. The van der Waals surface area contributed by atoms with Crippen LogP contribution < -0.4 is 0 Å². The molecule has 1 atom stereocenters. The van der Waals surface area contributed by atoms with Gasteiger partial charge in [0.1, 0.15) is 13.2 Å². The fraction of sp³-hybridized carbons (Fsp3) is 0.829. The summed E-state index contributed by atoms with van der Waals surface area (Å²) in [5, 5.41) is 0. The van der Waals surface area contributed by atoms with E-state index in [2.05, 4.69) is 81.5 Å². The number of unbranched alkanes of at least 4 members (excludes halogenated alkanes) is 46. The third-order valence-corrected chi connectivity index (χ3v) is 16.3. The normalized spacial score (nSPS) is 12.4. The van der Waals surface area contributed by atoms with E-state index in [1.807, 2.05) is 0 Å². The van der Waals surface area contributed by atoms with Crippen LogP contribution in [0.1, 0.15) is 387 Å². The van der Waals surface area contributed by atoms with E-state index >= 15 is 0 Å². The number of ether oxygens (including phenoxy) is 3. The van der Waals surface area contributed by atoms with Gasteiger partial charge >= 0.3 is 17.9 Å². The van der Waals surface area contributed by atoms with Gasteiger partial charge < -0.3 is 14.2 Å². The van der Waals surface area contributed by atoms with Crippen LogP contribution in [0.15, 0.2) is 60.8 Å². The molecule has 0 saturated heterocycles. The van der Waals surface area contributed by atoms with E-state index in [1.54, 1.807) is 0 Å². The third-order valence-electron chi connectivity index (χ3n) is 16.3. The summed E-state index contributed by atoms with van der Waals surface area (Å²) in [6.07, 6.45) is 91.2. The van der Waals surface area contributed by atoms with E-state index in [0.717, 1.165) is 89.9 Å². The van der Waals surface area contributed by atoms with Crippen LogP contribution in [-0.2, 0) is 28.6 Å². The van der Waals surface area contributed by atoms with E-state index in [9.17, 15) is 14.4 Å². The van der Waals surface area contributed by atoms with Gasteiger partial charge in [-0.25, -0.2) is 0 Å². The lowest BCUT2D eigenvalue weighted by Crippen LogP contribution is -2.30. The molecule has 82 heavy (non-hydrogen) atoms. The van der Waals surface area contributed by atoms with Gasteiger partial charge in [-0.2, -0.15) is 0 Å². The van der Waals surface area contributed by atoms with Crippen LogP contribution in [0.3, 0.4) is 0 Å². The maximum atomic E-state index is 12.9. The van der Waals surface area contributed by atoms with Crippen molar-refractivity contribution in [1.29, 1.82) is 0 Å². The molecule has 0 aliphatic carbocycles. The average Bonchev–Trinajstić information content (AvgIpc) is 3.47. The fourth-order valence-corrected chi connectivity index (χ4v) is 10.9. The Balaban J connectivity index is 4.11. The van der Waals surface area contributed by atoms with Crippen LogP contribution in [0.5, 0.6) is 0 Å². The van der Waals surface area contributed by atoms with Crippen LogP contribution in [0, 0.1) is 0 Å². The Bertz CT molecular complexity index is 1460. The van der Waals surface area contributed by atoms with Gasteiger partial charge in [-0.15, -0.1) is 0 Å². The molecule has 0 heterocycles. The Morgan fingerprint density at radius 1 is 0.256 bits per heavy atom. The van der Waals surface area contributed by atoms with Crippen molar-refractivity contribution in [3.05, 3.63) is 60.8 Å². The number of allylic oxidation sites excluding steroid dienone is 10. The lowest BCUT2D eigenvalue weighted by atomic mass is 10.0. The molecule has 1 unspecified atom stereocenters. The largest absolute Gasteiger partial charge is 0.462 e. The van der Waals surface area contributed by atoms with Gasteiger partial charge in [0.15, 0.2) is 6.10 Å². The quantitative estimate of drug-likeness (QED) is 0.0261. The molecule has 0 rings (SSSR count). The fourth-order valence-electron chi connectivity index (χ4n) is 10.9. The summed E-state index contributed by atoms with van der Waals surface area (Å²) >= 11 is 0. The maximum absolute atomic E-state index is 12.9. The molecule has 0 aliphatic heterocycles. The molecule has 0 aliphatic rings. The molecule has 0 N–H and O–H groups in total. The SMILES string of the molecule is CC/C=C\C/C=C\C/C=C\C/C=C\C/C=C\CCCCCCCCCCCCCCCCCCCC(=O)OCC(COC(=O)CCCCCCCCCCCCC)OC(=O)CCCCCCCCCCCCCCCCCCCCCC. The Morgan fingerprint density at radius 3 is 0.744 bits per heavy atom. The van der Waals surface area contributed by atoms with Crippen LogP contribution in [0.25, 0.3) is 0 Å². The monoisotopic (exact) mass is 1150 g/mol. The molecule has 0 aromatic heterocycles. The van der Waals surface area contributed by atoms with Crippen LogP contribution >= 0.6 is 0 Å². The van der Waals surface area contributed by atoms with Gasteiger partial charge in [-0.1, -0.05) is 364 Å². The van der Waals surface area contributed by atoms with Crippen molar-refractivity contribution in [1.82, 2.24) is 0 Å². The first kappa shape index (κ1) is 79.1. The molecular formula is C76H138O6. The van der Waals surface area contributed by atoms with Crippen LogP contribution in [0.2, 0.25) is 0 Å². The van der Waals surface area contributed by atoms with E-state index in [-0.39, 0.29) is 31.1 Å². The second kappa shape index (κ2) is 70.6. The Morgan fingerprint density at radius 2 is 0.476 bits per heavy atom. The second-order valence-electron chi connectivity index (χ2n) is 24.5. The summed E-state index contributed by atoms with van der Waals surface area (Å²) < 4.78 is 17.0. The summed E-state index contributed by atoms with van der Waals surface area (Å²) in [6, 6.07) is 0. The highest BCUT2D eigenvalue weighted by Crippen LogP contribution is 2.19. The van der Waals surface area contributed by atoms with Crippen molar-refractivity contribution < 1.29 is 28.6 Å².